The maximum Gasteiger partial charge on any atom is 0.343 e. The Morgan fingerprint density at radius 1 is 0.921 bits per heavy atom. The number of carbonyl (C=O) groups excluding carboxylic acids is 2. The number of carboxylic acid groups (broad SMARTS) is 1. The fourth-order valence-electron chi connectivity index (χ4n) is 6.27. The minimum Gasteiger partial charge on any atom is -0.493 e. The quantitative estimate of drug-likeness (QED) is 0.366. The van der Waals surface area contributed by atoms with Crippen molar-refractivity contribution >= 4 is 17.8 Å². The van der Waals surface area contributed by atoms with Crippen molar-refractivity contribution in [1.82, 2.24) is 4.90 Å². The molecule has 1 aliphatic heterocycles. The first kappa shape index (κ1) is 25.5. The van der Waals surface area contributed by atoms with E-state index in [1.165, 1.54) is 7.11 Å². The van der Waals surface area contributed by atoms with E-state index in [2.05, 4.69) is 0 Å². The lowest BCUT2D eigenvalue weighted by Gasteiger charge is -2.38. The van der Waals surface area contributed by atoms with E-state index in [1.54, 1.807) is 48.5 Å². The Labute approximate surface area is 222 Å². The van der Waals surface area contributed by atoms with Crippen LogP contribution >= 0.6 is 0 Å². The molecule has 0 spiro atoms. The second-order valence-corrected chi connectivity index (χ2v) is 10.4. The zero-order valence-corrected chi connectivity index (χ0v) is 21.7. The van der Waals surface area contributed by atoms with Crippen LogP contribution in [0.15, 0.2) is 72.8 Å². The van der Waals surface area contributed by atoms with Gasteiger partial charge in [0.1, 0.15) is 0 Å². The van der Waals surface area contributed by atoms with Crippen LogP contribution in [0.25, 0.3) is 0 Å². The Balaban J connectivity index is 1.54. The summed E-state index contributed by atoms with van der Waals surface area (Å²) in [5.41, 5.74) is 2.42. The number of hydrogen-bond donors (Lipinski definition) is 1. The molecule has 0 saturated carbocycles. The molecule has 7 heteroatoms. The molecule has 0 aromatic heterocycles. The summed E-state index contributed by atoms with van der Waals surface area (Å²) in [4.78, 5) is 41.1. The molecule has 3 aromatic rings. The molecule has 3 aromatic carbocycles. The van der Waals surface area contributed by atoms with Crippen molar-refractivity contribution in [3.63, 3.8) is 0 Å². The van der Waals surface area contributed by atoms with Crippen LogP contribution < -0.4 is 9.47 Å². The van der Waals surface area contributed by atoms with Gasteiger partial charge in [-0.3, -0.25) is 9.59 Å². The van der Waals surface area contributed by atoms with Crippen LogP contribution in [-0.2, 0) is 11.2 Å². The number of likely N-dealkylation sites (tertiary alicyclic amines) is 1. The maximum absolute atomic E-state index is 13.6. The van der Waals surface area contributed by atoms with Gasteiger partial charge in [-0.05, 0) is 65.8 Å². The number of ether oxygens (including phenoxy) is 2. The zero-order chi connectivity index (χ0) is 27.0. The molecular weight excluding hydrogens is 482 g/mol. The SMILES string of the molecule is COc1cc2c(cc1OC(=O)c1ccccc1)[C@H](C(=O)O)[C@@H]1[C@H](C2)CN(C(=O)c2ccccc2)[C@H]1C(C)C. The predicted molar refractivity (Wildman–Crippen MR) is 142 cm³/mol. The highest BCUT2D eigenvalue weighted by atomic mass is 16.6. The molecule has 1 amide bonds. The third-order valence-electron chi connectivity index (χ3n) is 7.80. The normalized spacial score (nSPS) is 21.9. The van der Waals surface area contributed by atoms with Crippen LogP contribution in [-0.4, -0.2) is 47.5 Å². The van der Waals surface area contributed by atoms with Crippen LogP contribution in [0.2, 0.25) is 0 Å². The molecule has 5 rings (SSSR count). The number of methoxy groups -OCH3 is 1. The highest BCUT2D eigenvalue weighted by molar-refractivity contribution is 5.95. The van der Waals surface area contributed by atoms with Gasteiger partial charge in [0.15, 0.2) is 11.5 Å². The molecule has 1 N–H and O–H groups in total. The average molecular weight is 514 g/mol. The van der Waals surface area contributed by atoms with E-state index < -0.39 is 17.9 Å². The van der Waals surface area contributed by atoms with E-state index in [0.717, 1.165) is 5.56 Å². The fraction of sp³-hybridized carbons (Fsp3) is 0.323. The number of esters is 1. The number of amides is 1. The van der Waals surface area contributed by atoms with Crippen molar-refractivity contribution < 1.29 is 29.0 Å². The summed E-state index contributed by atoms with van der Waals surface area (Å²) < 4.78 is 11.2. The second kappa shape index (κ2) is 10.3. The van der Waals surface area contributed by atoms with Gasteiger partial charge in [0.05, 0.1) is 18.6 Å². The summed E-state index contributed by atoms with van der Waals surface area (Å²) >= 11 is 0. The van der Waals surface area contributed by atoms with E-state index in [1.807, 2.05) is 43.0 Å². The van der Waals surface area contributed by atoms with E-state index >= 15 is 0 Å². The number of nitrogens with zero attached hydrogens (tertiary/aromatic N) is 1. The Morgan fingerprint density at radius 2 is 1.55 bits per heavy atom. The van der Waals surface area contributed by atoms with Gasteiger partial charge in [-0.15, -0.1) is 0 Å². The van der Waals surface area contributed by atoms with Crippen LogP contribution in [0.3, 0.4) is 0 Å². The number of fused-ring (bicyclic) bond motifs is 2. The lowest BCUT2D eigenvalue weighted by molar-refractivity contribution is -0.141. The smallest absolute Gasteiger partial charge is 0.343 e. The van der Waals surface area contributed by atoms with Gasteiger partial charge in [0.2, 0.25) is 0 Å². The summed E-state index contributed by atoms with van der Waals surface area (Å²) in [6.07, 6.45) is 0.606. The summed E-state index contributed by atoms with van der Waals surface area (Å²) in [6, 6.07) is 20.9. The number of aliphatic carboxylic acids is 1. The molecule has 38 heavy (non-hydrogen) atoms. The van der Waals surface area contributed by atoms with E-state index in [4.69, 9.17) is 9.47 Å². The van der Waals surface area contributed by atoms with Crippen molar-refractivity contribution in [3.05, 3.63) is 95.1 Å². The summed E-state index contributed by atoms with van der Waals surface area (Å²) in [5.74, 6) is -2.14. The topological polar surface area (TPSA) is 93.1 Å². The first-order chi connectivity index (χ1) is 18.3. The third-order valence-corrected chi connectivity index (χ3v) is 7.80. The highest BCUT2D eigenvalue weighted by Gasteiger charge is 2.53. The molecule has 2 aliphatic rings. The number of carboxylic acids is 1. The summed E-state index contributed by atoms with van der Waals surface area (Å²) in [6.45, 7) is 4.55. The first-order valence-corrected chi connectivity index (χ1v) is 12.9. The summed E-state index contributed by atoms with van der Waals surface area (Å²) in [5, 5.41) is 10.5. The standard InChI is InChI=1S/C31H31NO6/c1-18(2)28-26-22(17-32(28)29(33)19-10-6-4-7-11-19)14-21-15-24(37-3)25(16-23(21)27(26)30(34)35)38-31(36)20-12-8-5-9-13-20/h4-13,15-16,18,22,26-28H,14,17H2,1-3H3,(H,34,35)/t22-,26+,27+,28+/m1/s1. The van der Waals surface area contributed by atoms with Crippen LogP contribution in [0.1, 0.15) is 51.6 Å². The molecule has 7 nitrogen and oxygen atoms in total. The zero-order valence-electron chi connectivity index (χ0n) is 21.7. The molecule has 1 heterocycles. The largest absolute Gasteiger partial charge is 0.493 e. The average Bonchev–Trinajstić information content (AvgIpc) is 3.30. The number of benzene rings is 3. The van der Waals surface area contributed by atoms with Crippen molar-refractivity contribution in [2.24, 2.45) is 17.8 Å². The molecule has 0 unspecified atom stereocenters. The number of carbonyl (C=O) groups is 3. The first-order valence-electron chi connectivity index (χ1n) is 12.9. The molecular formula is C31H31NO6. The molecule has 0 radical (unpaired) electrons. The van der Waals surface area contributed by atoms with Gasteiger partial charge >= 0.3 is 11.9 Å². The highest BCUT2D eigenvalue weighted by Crippen LogP contribution is 2.51. The third kappa shape index (κ3) is 4.53. The van der Waals surface area contributed by atoms with E-state index in [-0.39, 0.29) is 35.5 Å². The van der Waals surface area contributed by atoms with Gasteiger partial charge in [-0.25, -0.2) is 4.79 Å². The van der Waals surface area contributed by atoms with E-state index in [9.17, 15) is 19.5 Å². The van der Waals surface area contributed by atoms with Gasteiger partial charge in [-0.2, -0.15) is 0 Å². The lowest BCUT2D eigenvalue weighted by atomic mass is 9.66. The molecule has 1 saturated heterocycles. The van der Waals surface area contributed by atoms with Gasteiger partial charge in [0, 0.05) is 24.1 Å². The predicted octanol–water partition coefficient (Wildman–Crippen LogP) is 5.05. The molecule has 0 bridgehead atoms. The van der Waals surface area contributed by atoms with Gasteiger partial charge in [-0.1, -0.05) is 50.2 Å². The number of hydrogen-bond acceptors (Lipinski definition) is 5. The number of rotatable bonds is 6. The van der Waals surface area contributed by atoms with Crippen molar-refractivity contribution in [1.29, 1.82) is 0 Å². The monoisotopic (exact) mass is 513 g/mol. The minimum atomic E-state index is -0.953. The van der Waals surface area contributed by atoms with Crippen molar-refractivity contribution in [2.75, 3.05) is 13.7 Å². The molecule has 196 valence electrons. The van der Waals surface area contributed by atoms with Crippen LogP contribution in [0.5, 0.6) is 11.5 Å². The Hall–Kier alpha value is -4.13. The Morgan fingerprint density at radius 3 is 2.13 bits per heavy atom. The Bertz CT molecular complexity index is 1350. The molecule has 4 atom stereocenters. The lowest BCUT2D eigenvalue weighted by Crippen LogP contribution is -2.44. The minimum absolute atomic E-state index is 0.0221. The second-order valence-electron chi connectivity index (χ2n) is 10.4. The van der Waals surface area contributed by atoms with Crippen molar-refractivity contribution in [2.45, 2.75) is 32.2 Å². The summed E-state index contributed by atoms with van der Waals surface area (Å²) in [7, 11) is 1.49. The fourth-order valence-corrected chi connectivity index (χ4v) is 6.27. The van der Waals surface area contributed by atoms with Gasteiger partial charge in [0.25, 0.3) is 5.91 Å². The molecule has 1 fully saturated rings. The van der Waals surface area contributed by atoms with Crippen molar-refractivity contribution in [3.8, 4) is 11.5 Å². The van der Waals surface area contributed by atoms with E-state index in [0.29, 0.717) is 35.4 Å². The van der Waals surface area contributed by atoms with Crippen LogP contribution in [0, 0.1) is 17.8 Å². The van der Waals surface area contributed by atoms with Gasteiger partial charge < -0.3 is 19.5 Å². The maximum atomic E-state index is 13.6. The van der Waals surface area contributed by atoms with Crippen LogP contribution in [0.4, 0.5) is 0 Å². The molecule has 1 aliphatic carbocycles. The Kier molecular flexibility index (Phi) is 6.93.